The van der Waals surface area contributed by atoms with E-state index in [4.69, 9.17) is 10.6 Å². The Morgan fingerprint density at radius 1 is 1.57 bits per heavy atom. The molecule has 10 heteroatoms. The van der Waals surface area contributed by atoms with Gasteiger partial charge in [0.05, 0.1) is 0 Å². The molecule has 0 radical (unpaired) electrons. The number of aromatic nitrogens is 5. The van der Waals surface area contributed by atoms with Crippen LogP contribution in [-0.4, -0.2) is 31.8 Å². The number of nitrogens with two attached hydrogens (primary N) is 1. The zero-order valence-corrected chi connectivity index (χ0v) is 12.2. The molecule has 0 atom stereocenters. The van der Waals surface area contributed by atoms with Crippen molar-refractivity contribution in [3.05, 3.63) is 22.4 Å². The summed E-state index contributed by atoms with van der Waals surface area (Å²) in [6.07, 6.45) is 2.00. The maximum atomic E-state index is 11.8. The summed E-state index contributed by atoms with van der Waals surface area (Å²) in [6, 6.07) is 1.94. The Labute approximate surface area is 124 Å². The summed E-state index contributed by atoms with van der Waals surface area (Å²) in [5, 5.41) is 7.76. The van der Waals surface area contributed by atoms with Crippen LogP contribution in [0.3, 0.4) is 0 Å². The standard InChI is InChI=1S/C11H15N7O2S/c1-20-5-8-13-7(15-12)4-9(14-8)21-11-17-16-10(19)18(11)6-2-3-6/h4,6H,2-3,5,12H2,1H3,(H,16,19)(H,13,14,15). The van der Waals surface area contributed by atoms with Crippen LogP contribution >= 0.6 is 11.8 Å². The average Bonchev–Trinajstić information content (AvgIpc) is 3.24. The summed E-state index contributed by atoms with van der Waals surface area (Å²) in [6.45, 7) is 0.277. The van der Waals surface area contributed by atoms with Gasteiger partial charge in [0.1, 0.15) is 17.5 Å². The number of hydrogen-bond acceptors (Lipinski definition) is 8. The molecule has 1 saturated carbocycles. The third-order valence-electron chi connectivity index (χ3n) is 2.95. The highest BCUT2D eigenvalue weighted by Gasteiger charge is 2.29. The number of ether oxygens (including phenoxy) is 1. The Balaban J connectivity index is 1.90. The molecule has 0 spiro atoms. The maximum Gasteiger partial charge on any atom is 0.344 e. The van der Waals surface area contributed by atoms with Crippen molar-refractivity contribution in [3.8, 4) is 0 Å². The Morgan fingerprint density at radius 3 is 3.05 bits per heavy atom. The van der Waals surface area contributed by atoms with E-state index in [0.29, 0.717) is 21.8 Å². The van der Waals surface area contributed by atoms with Crippen LogP contribution in [0.2, 0.25) is 0 Å². The zero-order chi connectivity index (χ0) is 14.8. The molecular formula is C11H15N7O2S. The first-order chi connectivity index (χ1) is 10.2. The van der Waals surface area contributed by atoms with E-state index in [1.807, 2.05) is 0 Å². The van der Waals surface area contributed by atoms with Gasteiger partial charge in [-0.1, -0.05) is 0 Å². The van der Waals surface area contributed by atoms with E-state index in [1.165, 1.54) is 11.8 Å². The molecule has 9 nitrogen and oxygen atoms in total. The lowest BCUT2D eigenvalue weighted by Gasteiger charge is -2.07. The summed E-state index contributed by atoms with van der Waals surface area (Å²) in [5.74, 6) is 6.39. The normalized spacial score (nSPS) is 14.4. The quantitative estimate of drug-likeness (QED) is 0.395. The molecule has 2 aromatic heterocycles. The van der Waals surface area contributed by atoms with E-state index in [9.17, 15) is 4.79 Å². The largest absolute Gasteiger partial charge is 0.377 e. The van der Waals surface area contributed by atoms with Crippen molar-refractivity contribution in [1.82, 2.24) is 24.7 Å². The minimum atomic E-state index is -0.191. The first-order valence-corrected chi connectivity index (χ1v) is 7.21. The summed E-state index contributed by atoms with van der Waals surface area (Å²) in [7, 11) is 1.57. The number of aromatic amines is 1. The van der Waals surface area contributed by atoms with Gasteiger partial charge >= 0.3 is 5.69 Å². The van der Waals surface area contributed by atoms with Gasteiger partial charge in [0.25, 0.3) is 0 Å². The molecule has 0 amide bonds. The van der Waals surface area contributed by atoms with Gasteiger partial charge in [0.15, 0.2) is 11.0 Å². The molecule has 21 heavy (non-hydrogen) atoms. The molecule has 1 aliphatic rings. The molecule has 2 heterocycles. The number of nitrogen functional groups attached to an aromatic ring is 1. The van der Waals surface area contributed by atoms with E-state index in [-0.39, 0.29) is 18.3 Å². The first-order valence-electron chi connectivity index (χ1n) is 6.39. The topological polar surface area (TPSA) is 124 Å². The third-order valence-corrected chi connectivity index (χ3v) is 3.84. The van der Waals surface area contributed by atoms with E-state index >= 15 is 0 Å². The third kappa shape index (κ3) is 3.06. The first kappa shape index (κ1) is 14.0. The molecular weight excluding hydrogens is 294 g/mol. The number of H-pyrrole nitrogens is 1. The molecule has 0 saturated heterocycles. The number of rotatable bonds is 6. The van der Waals surface area contributed by atoms with Crippen LogP contribution in [0.4, 0.5) is 5.82 Å². The van der Waals surface area contributed by atoms with E-state index < -0.39 is 0 Å². The lowest BCUT2D eigenvalue weighted by atomic mass is 10.5. The molecule has 2 aromatic rings. The van der Waals surface area contributed by atoms with Crippen LogP contribution in [-0.2, 0) is 11.3 Å². The Bertz CT molecular complexity index is 694. The molecule has 3 rings (SSSR count). The fourth-order valence-corrected chi connectivity index (χ4v) is 2.83. The summed E-state index contributed by atoms with van der Waals surface area (Å²) >= 11 is 1.29. The minimum absolute atomic E-state index is 0.191. The van der Waals surface area contributed by atoms with E-state index in [2.05, 4.69) is 25.6 Å². The number of anilines is 1. The average molecular weight is 309 g/mol. The number of nitrogens with zero attached hydrogens (tertiary/aromatic N) is 4. The van der Waals surface area contributed by atoms with Crippen LogP contribution in [0.5, 0.6) is 0 Å². The van der Waals surface area contributed by atoms with Gasteiger partial charge in [0.2, 0.25) is 0 Å². The molecule has 1 aliphatic carbocycles. The number of hydrazine groups is 1. The van der Waals surface area contributed by atoms with Crippen LogP contribution < -0.4 is 17.0 Å². The fraction of sp³-hybridized carbons (Fsp3) is 0.455. The van der Waals surface area contributed by atoms with Crippen LogP contribution in [0.25, 0.3) is 0 Å². The van der Waals surface area contributed by atoms with Crippen LogP contribution in [0.1, 0.15) is 24.7 Å². The van der Waals surface area contributed by atoms with Gasteiger partial charge < -0.3 is 10.2 Å². The second kappa shape index (κ2) is 5.84. The number of nitrogens with one attached hydrogen (secondary N) is 2. The van der Waals surface area contributed by atoms with Crippen LogP contribution in [0.15, 0.2) is 21.0 Å². The SMILES string of the molecule is COCc1nc(NN)cc(Sc2n[nH]c(=O)n2C2CC2)n1. The zero-order valence-electron chi connectivity index (χ0n) is 11.4. The van der Waals surface area contributed by atoms with E-state index in [0.717, 1.165) is 12.8 Å². The molecule has 112 valence electrons. The second-order valence-corrected chi connectivity index (χ2v) is 5.59. The van der Waals surface area contributed by atoms with Crippen molar-refractivity contribution in [2.24, 2.45) is 5.84 Å². The van der Waals surface area contributed by atoms with Crippen molar-refractivity contribution >= 4 is 17.6 Å². The summed E-state index contributed by atoms with van der Waals surface area (Å²) in [4.78, 5) is 20.3. The summed E-state index contributed by atoms with van der Waals surface area (Å²) in [5.41, 5.74) is 2.30. The monoisotopic (exact) mass is 309 g/mol. The highest BCUT2D eigenvalue weighted by molar-refractivity contribution is 7.99. The lowest BCUT2D eigenvalue weighted by Crippen LogP contribution is -2.16. The van der Waals surface area contributed by atoms with Crippen molar-refractivity contribution in [2.75, 3.05) is 12.5 Å². The fourth-order valence-electron chi connectivity index (χ4n) is 1.90. The number of methoxy groups -OCH3 is 1. The van der Waals surface area contributed by atoms with E-state index in [1.54, 1.807) is 17.7 Å². The Morgan fingerprint density at radius 2 is 2.38 bits per heavy atom. The molecule has 4 N–H and O–H groups in total. The van der Waals surface area contributed by atoms with Gasteiger partial charge in [0, 0.05) is 19.2 Å². The molecule has 1 fully saturated rings. The summed E-state index contributed by atoms with van der Waals surface area (Å²) < 4.78 is 6.69. The number of hydrogen-bond donors (Lipinski definition) is 3. The van der Waals surface area contributed by atoms with Gasteiger partial charge in [-0.3, -0.25) is 4.57 Å². The molecule has 0 bridgehead atoms. The highest BCUT2D eigenvalue weighted by atomic mass is 32.2. The lowest BCUT2D eigenvalue weighted by molar-refractivity contribution is 0.177. The highest BCUT2D eigenvalue weighted by Crippen LogP contribution is 2.37. The van der Waals surface area contributed by atoms with Crippen molar-refractivity contribution in [2.45, 2.75) is 35.7 Å². The predicted molar refractivity (Wildman–Crippen MR) is 75.8 cm³/mol. The van der Waals surface area contributed by atoms with Gasteiger partial charge in [-0.2, -0.15) is 0 Å². The Hall–Kier alpha value is -1.91. The Kier molecular flexibility index (Phi) is 3.90. The van der Waals surface area contributed by atoms with Gasteiger partial charge in [-0.25, -0.2) is 25.7 Å². The van der Waals surface area contributed by atoms with Crippen molar-refractivity contribution in [1.29, 1.82) is 0 Å². The second-order valence-electron chi connectivity index (χ2n) is 4.60. The molecule has 0 aliphatic heterocycles. The van der Waals surface area contributed by atoms with Crippen LogP contribution in [0, 0.1) is 0 Å². The van der Waals surface area contributed by atoms with Gasteiger partial charge in [-0.05, 0) is 24.6 Å². The smallest absolute Gasteiger partial charge is 0.344 e. The van der Waals surface area contributed by atoms with Gasteiger partial charge in [-0.15, -0.1) is 5.10 Å². The maximum absolute atomic E-state index is 11.8. The molecule has 0 unspecified atom stereocenters. The molecule has 0 aromatic carbocycles. The predicted octanol–water partition coefficient (Wildman–Crippen LogP) is 0.279. The van der Waals surface area contributed by atoms with Crippen molar-refractivity contribution in [3.63, 3.8) is 0 Å². The van der Waals surface area contributed by atoms with Crippen molar-refractivity contribution < 1.29 is 4.74 Å². The minimum Gasteiger partial charge on any atom is -0.377 e.